The Hall–Kier alpha value is -18.5. The molecule has 4 amide bonds. The molecule has 0 bridgehead atoms. The Bertz CT molecular complexity index is 7290. The summed E-state index contributed by atoms with van der Waals surface area (Å²) in [5.41, 5.74) is 19.3. The van der Waals surface area contributed by atoms with Gasteiger partial charge in [-0.25, -0.2) is 38.5 Å². The molecular weight excluding hydrogens is 1840 g/mol. The van der Waals surface area contributed by atoms with Crippen molar-refractivity contribution in [2.24, 2.45) is 5.14 Å². The molecule has 15 aromatic rings. The number of aryl methyl sites for hydroxylation is 4. The third kappa shape index (κ3) is 32.0. The average Bonchev–Trinajstić information content (AvgIpc) is 0.814. The number of aromatic nitrogens is 10. The van der Waals surface area contributed by atoms with Gasteiger partial charge < -0.3 is 78.5 Å². The van der Waals surface area contributed by atoms with Crippen molar-refractivity contribution < 1.29 is 32.4 Å². The standard InChI is InChI=1S/C23H24N6O3S.C23H26N6O.C23H25N5O.C21H20N4O.C20H16N6O/c1-3-21(30)29-10-9-16-11-19(8-7-17(16)14-29)26-22-15(2)13-25-23(28-22)27-18-5-4-6-20(12-18)33(24,31)32;1-17-16-24-23(27-18-9-5-4-6-10-18)28-22(17)26-20-12-7-11-19(15-20)25-21(30)13-8-14-29(2)3;1-3-21(29)28-12-11-17-9-10-20(13-18(17)15-28)25-22-16(2)14-24-23(27-22)26-19-7-5-4-6-8-19;1-3-19(26)13-16-9-11-18(12-10-16)23-20-15(2)14-22-21(25-20)24-17-7-5-4-6-8-17;1-2-18(27)23-16-9-6-10-17(11-16)24-19-14(12-21)13-22-20(26-19)25-15-7-4-3-5-8-15/h3-8,11-13H,1,9-10,14H2,2H3,(H2,24,31,32)(H2,25,26,27,28);4-13,15-16H,14H2,1-3H3,(H,25,30)(H2,24,26,27,28);4-10,13-14H,3,11-12,15H2,1-2H3,(H2,24,25,26,27);3-12,14H,1,13H2,2H3,(H2,22,23,24,25);2-11,13H,1H2,(H,23,27)(H2,22,24,25,26)/b;13-8+;;;. The highest BCUT2D eigenvalue weighted by molar-refractivity contribution is 7.89. The smallest absolute Gasteiger partial charge is 0.248 e. The Kier molecular flexibility index (Phi) is 36.8. The Morgan fingerprint density at radius 2 is 0.766 bits per heavy atom. The van der Waals surface area contributed by atoms with Gasteiger partial charge in [0.25, 0.3) is 0 Å². The van der Waals surface area contributed by atoms with E-state index in [-0.39, 0.29) is 34.3 Å². The highest BCUT2D eigenvalue weighted by Crippen LogP contribution is 2.33. The van der Waals surface area contributed by atoms with Gasteiger partial charge in [0.1, 0.15) is 34.9 Å². The number of benzene rings is 10. The molecule has 10 aromatic carbocycles. The second kappa shape index (κ2) is 51.4. The maximum atomic E-state index is 12.1. The number of carbonyl (C=O) groups excluding carboxylic acids is 5. The first-order valence-electron chi connectivity index (χ1n) is 46.2. The molecule has 7 heterocycles. The van der Waals surface area contributed by atoms with E-state index in [9.17, 15) is 37.7 Å². The fourth-order valence-corrected chi connectivity index (χ4v) is 15.0. The molecule has 35 heteroatoms. The highest BCUT2D eigenvalue weighted by atomic mass is 32.2. The fraction of sp³-hybridized carbons (Fsp3) is 0.145. The molecule has 0 unspecified atom stereocenters. The zero-order valence-electron chi connectivity index (χ0n) is 81.1. The number of ketones is 1. The lowest BCUT2D eigenvalue weighted by atomic mass is 9.99. The number of allylic oxidation sites excluding steroid dienone is 1. The van der Waals surface area contributed by atoms with Crippen molar-refractivity contribution in [3.8, 4) is 6.07 Å². The molecule has 734 valence electrons. The largest absolute Gasteiger partial charge is 0.340 e. The summed E-state index contributed by atoms with van der Waals surface area (Å²) in [6, 6.07) is 81.7. The highest BCUT2D eigenvalue weighted by Gasteiger charge is 2.23. The van der Waals surface area contributed by atoms with E-state index in [1.54, 1.807) is 66.1 Å². The number of amides is 4. The summed E-state index contributed by atoms with van der Waals surface area (Å²) in [6.45, 7) is 23.6. The average molecular weight is 1960 g/mol. The molecule has 0 radical (unpaired) electrons. The lowest BCUT2D eigenvalue weighted by molar-refractivity contribution is -0.131. The quantitative estimate of drug-likeness (QED) is 0.0174. The number of sulfonamides is 1. The van der Waals surface area contributed by atoms with Gasteiger partial charge in [-0.15, -0.1) is 0 Å². The lowest BCUT2D eigenvalue weighted by Crippen LogP contribution is -2.35. The Balaban J connectivity index is 0.000000152. The van der Waals surface area contributed by atoms with Crippen LogP contribution in [0.15, 0.2) is 341 Å². The van der Waals surface area contributed by atoms with Gasteiger partial charge in [-0.3, -0.25) is 24.0 Å². The van der Waals surface area contributed by atoms with E-state index in [1.807, 2.05) is 247 Å². The van der Waals surface area contributed by atoms with Crippen LogP contribution in [0, 0.1) is 39.0 Å². The minimum Gasteiger partial charge on any atom is -0.340 e. The Morgan fingerprint density at radius 1 is 0.400 bits per heavy atom. The number of anilines is 22. The van der Waals surface area contributed by atoms with Crippen molar-refractivity contribution in [2.75, 3.05) is 97.5 Å². The van der Waals surface area contributed by atoms with Crippen LogP contribution >= 0.6 is 0 Å². The topological polar surface area (TPSA) is 452 Å². The Morgan fingerprint density at radius 3 is 1.21 bits per heavy atom. The number of carbonyl (C=O) groups is 5. The lowest BCUT2D eigenvalue weighted by Gasteiger charge is -2.29. The number of nitrogens with zero attached hydrogens (tertiary/aromatic N) is 14. The first kappa shape index (κ1) is 104. The van der Waals surface area contributed by atoms with Crippen molar-refractivity contribution in [3.05, 3.63) is 392 Å². The van der Waals surface area contributed by atoms with Gasteiger partial charge in [-0.05, 0) is 240 Å². The second-order valence-electron chi connectivity index (χ2n) is 33.4. The third-order valence-electron chi connectivity index (χ3n) is 22.0. The van der Waals surface area contributed by atoms with Gasteiger partial charge in [0.15, 0.2) is 11.6 Å². The summed E-state index contributed by atoms with van der Waals surface area (Å²) in [7, 11) is 0.0929. The van der Waals surface area contributed by atoms with Crippen molar-refractivity contribution in [1.82, 2.24) is 64.5 Å². The third-order valence-corrected chi connectivity index (χ3v) is 22.9. The SMILES string of the molecule is C=CC(=O)Cc1ccc(Nc2nc(Nc3ccccc3)ncc2C)cc1.C=CC(=O)N1CCc2cc(Nc3nc(Nc4cccc(S(N)(=O)=O)c4)ncc3C)ccc2C1.C=CC(=O)Nc1cccc(Nc2nc(Nc3ccccc3)ncc2C#N)c1.CCC(=O)N1CCc2ccc(Nc3nc(Nc4ccccc4)ncc3C)cc2C1.Cc1cnc(Nc2ccccc2)nc1Nc1cccc(NC(=O)/C=C/CN(C)C)c1. The molecule has 2 aliphatic rings. The van der Waals surface area contributed by atoms with Crippen LogP contribution in [-0.2, 0) is 66.3 Å². The van der Waals surface area contributed by atoms with Gasteiger partial charge in [-0.1, -0.05) is 148 Å². The van der Waals surface area contributed by atoms with E-state index in [0.29, 0.717) is 115 Å². The van der Waals surface area contributed by atoms with Crippen molar-refractivity contribution in [3.63, 3.8) is 0 Å². The summed E-state index contributed by atoms with van der Waals surface area (Å²) in [4.78, 5) is 109. The van der Waals surface area contributed by atoms with Gasteiger partial charge in [-0.2, -0.15) is 30.2 Å². The number of nitrogens with two attached hydrogens (primary N) is 1. The molecule has 34 nitrogen and oxygen atoms in total. The number of hydrogen-bond acceptors (Lipinski definition) is 29. The number of rotatable bonds is 32. The van der Waals surface area contributed by atoms with E-state index in [1.165, 1.54) is 59.3 Å². The molecule has 0 saturated heterocycles. The summed E-state index contributed by atoms with van der Waals surface area (Å²) in [5, 5.41) is 52.2. The van der Waals surface area contributed by atoms with E-state index in [4.69, 9.17) is 5.14 Å². The van der Waals surface area contributed by atoms with Gasteiger partial charge in [0, 0.05) is 167 Å². The molecular formula is C110H111N27O7S. The van der Waals surface area contributed by atoms with E-state index < -0.39 is 10.0 Å². The van der Waals surface area contributed by atoms with Crippen LogP contribution in [0.4, 0.5) is 127 Å². The van der Waals surface area contributed by atoms with Gasteiger partial charge in [0.05, 0.1) is 11.1 Å². The second-order valence-corrected chi connectivity index (χ2v) is 35.0. The minimum absolute atomic E-state index is 0.000348. The number of hydrogen-bond donors (Lipinski definition) is 13. The van der Waals surface area contributed by atoms with Gasteiger partial charge in [0.2, 0.25) is 63.4 Å². The van der Waals surface area contributed by atoms with Crippen LogP contribution < -0.4 is 68.9 Å². The monoisotopic (exact) mass is 1950 g/mol. The molecule has 0 aliphatic carbocycles. The molecule has 0 fully saturated rings. The molecule has 5 aromatic heterocycles. The maximum absolute atomic E-state index is 12.1. The summed E-state index contributed by atoms with van der Waals surface area (Å²) in [6.07, 6.45) is 18.3. The zero-order chi connectivity index (χ0) is 103. The molecule has 14 N–H and O–H groups in total. The predicted molar refractivity (Wildman–Crippen MR) is 575 cm³/mol. The molecule has 0 atom stereocenters. The predicted octanol–water partition coefficient (Wildman–Crippen LogP) is 20.4. The van der Waals surface area contributed by atoms with Crippen LogP contribution in [0.3, 0.4) is 0 Å². The number of fused-ring (bicyclic) bond motifs is 2. The van der Waals surface area contributed by atoms with E-state index in [0.717, 1.165) is 110 Å². The Labute approximate surface area is 842 Å². The van der Waals surface area contributed by atoms with Crippen molar-refractivity contribution in [2.45, 2.75) is 78.3 Å². The van der Waals surface area contributed by atoms with E-state index in [2.05, 4.69) is 164 Å². The molecule has 17 rings (SSSR count). The summed E-state index contributed by atoms with van der Waals surface area (Å²) >= 11 is 0. The number of para-hydroxylation sites is 4. The number of nitrogens with one attached hydrogen (secondary N) is 12. The summed E-state index contributed by atoms with van der Waals surface area (Å²) in [5.74, 6) is 5.09. The first-order chi connectivity index (χ1) is 70.1. The number of primary sulfonamides is 1. The molecule has 0 spiro atoms. The van der Waals surface area contributed by atoms with Gasteiger partial charge >= 0.3 is 0 Å². The molecule has 145 heavy (non-hydrogen) atoms. The van der Waals surface area contributed by atoms with Crippen LogP contribution in [0.25, 0.3) is 0 Å². The fourth-order valence-electron chi connectivity index (χ4n) is 14.4. The van der Waals surface area contributed by atoms with Crippen molar-refractivity contribution >= 4 is 167 Å². The van der Waals surface area contributed by atoms with Crippen molar-refractivity contribution in [1.29, 1.82) is 5.26 Å². The van der Waals surface area contributed by atoms with Crippen LogP contribution in [0.5, 0.6) is 0 Å². The van der Waals surface area contributed by atoms with Crippen LogP contribution in [0.1, 0.15) is 69.0 Å². The first-order valence-corrected chi connectivity index (χ1v) is 47.8. The molecule has 0 saturated carbocycles. The van der Waals surface area contributed by atoms with Crippen LogP contribution in [0.2, 0.25) is 0 Å². The summed E-state index contributed by atoms with van der Waals surface area (Å²) < 4.78 is 23.2. The normalized spacial score (nSPS) is 11.5. The maximum Gasteiger partial charge on any atom is 0.248 e. The number of nitriles is 1. The van der Waals surface area contributed by atoms with E-state index >= 15 is 0 Å². The zero-order valence-corrected chi connectivity index (χ0v) is 81.9. The number of likely N-dealkylation sites (N-methyl/N-ethyl adjacent to an activating group) is 1. The molecule has 2 aliphatic heterocycles. The van der Waals surface area contributed by atoms with Crippen LogP contribution in [-0.4, -0.2) is 136 Å². The minimum atomic E-state index is -3.81.